The minimum absolute atomic E-state index is 0.243. The summed E-state index contributed by atoms with van der Waals surface area (Å²) >= 11 is 0. The van der Waals surface area contributed by atoms with Crippen LogP contribution in [0.25, 0.3) is 6.08 Å². The van der Waals surface area contributed by atoms with E-state index in [2.05, 4.69) is 0 Å². The van der Waals surface area contributed by atoms with Gasteiger partial charge < -0.3 is 14.6 Å². The molecular weight excluding hydrogens is 244 g/mol. The smallest absolute Gasteiger partial charge is 0.328 e. The first-order valence-electron chi connectivity index (χ1n) is 6.45. The Morgan fingerprint density at radius 2 is 2.05 bits per heavy atom. The summed E-state index contributed by atoms with van der Waals surface area (Å²) in [6.07, 6.45) is 7.44. The fourth-order valence-electron chi connectivity index (χ4n) is 2.24. The van der Waals surface area contributed by atoms with E-state index in [1.165, 1.54) is 12.8 Å². The third kappa shape index (κ3) is 3.74. The molecule has 1 aromatic carbocycles. The third-order valence-electron chi connectivity index (χ3n) is 3.20. The van der Waals surface area contributed by atoms with Crippen molar-refractivity contribution in [2.75, 3.05) is 7.11 Å². The Morgan fingerprint density at radius 1 is 1.32 bits per heavy atom. The molecular formula is C15H18O4. The Balaban J connectivity index is 2.17. The van der Waals surface area contributed by atoms with Gasteiger partial charge in [-0.3, -0.25) is 0 Å². The van der Waals surface area contributed by atoms with Crippen molar-refractivity contribution >= 4 is 12.0 Å². The summed E-state index contributed by atoms with van der Waals surface area (Å²) in [7, 11) is 1.60. The SMILES string of the molecule is COc1ccc(/C=C/C(=O)O)cc1OC1CCCC1. The lowest BCUT2D eigenvalue weighted by molar-refractivity contribution is -0.131. The largest absolute Gasteiger partial charge is 0.493 e. The van der Waals surface area contributed by atoms with Crippen molar-refractivity contribution in [1.82, 2.24) is 0 Å². The van der Waals surface area contributed by atoms with E-state index in [0.29, 0.717) is 11.5 Å². The molecule has 4 nitrogen and oxygen atoms in total. The van der Waals surface area contributed by atoms with Gasteiger partial charge in [0.1, 0.15) is 0 Å². The van der Waals surface area contributed by atoms with E-state index < -0.39 is 5.97 Å². The zero-order valence-corrected chi connectivity index (χ0v) is 11.0. The highest BCUT2D eigenvalue weighted by molar-refractivity contribution is 5.85. The minimum Gasteiger partial charge on any atom is -0.493 e. The Hall–Kier alpha value is -1.97. The highest BCUT2D eigenvalue weighted by atomic mass is 16.5. The second-order valence-electron chi connectivity index (χ2n) is 4.61. The van der Waals surface area contributed by atoms with Gasteiger partial charge in [-0.15, -0.1) is 0 Å². The van der Waals surface area contributed by atoms with E-state index in [-0.39, 0.29) is 6.10 Å². The molecule has 0 aromatic heterocycles. The number of hydrogen-bond donors (Lipinski definition) is 1. The molecule has 0 spiro atoms. The summed E-state index contributed by atoms with van der Waals surface area (Å²) in [6, 6.07) is 5.42. The van der Waals surface area contributed by atoms with Crippen LogP contribution in [-0.2, 0) is 4.79 Å². The van der Waals surface area contributed by atoms with Gasteiger partial charge in [0.15, 0.2) is 11.5 Å². The number of rotatable bonds is 5. The van der Waals surface area contributed by atoms with Gasteiger partial charge in [0.05, 0.1) is 13.2 Å². The van der Waals surface area contributed by atoms with Gasteiger partial charge in [-0.05, 0) is 49.5 Å². The molecule has 1 aromatic rings. The van der Waals surface area contributed by atoms with Crippen LogP contribution in [0.3, 0.4) is 0 Å². The van der Waals surface area contributed by atoms with Gasteiger partial charge in [-0.2, -0.15) is 0 Å². The first-order chi connectivity index (χ1) is 9.19. The van der Waals surface area contributed by atoms with E-state index in [9.17, 15) is 4.79 Å². The van der Waals surface area contributed by atoms with E-state index in [1.54, 1.807) is 25.3 Å². The maximum absolute atomic E-state index is 10.5. The average Bonchev–Trinajstić information content (AvgIpc) is 2.89. The fraction of sp³-hybridized carbons (Fsp3) is 0.400. The summed E-state index contributed by atoms with van der Waals surface area (Å²) in [5.41, 5.74) is 0.788. The van der Waals surface area contributed by atoms with Crippen LogP contribution in [-0.4, -0.2) is 24.3 Å². The van der Waals surface area contributed by atoms with Crippen LogP contribution < -0.4 is 9.47 Å². The summed E-state index contributed by atoms with van der Waals surface area (Å²) in [5.74, 6) is 0.399. The molecule has 4 heteroatoms. The zero-order valence-electron chi connectivity index (χ0n) is 11.0. The fourth-order valence-corrected chi connectivity index (χ4v) is 2.24. The second kappa shape index (κ2) is 6.27. The molecule has 0 heterocycles. The molecule has 1 saturated carbocycles. The van der Waals surface area contributed by atoms with Gasteiger partial charge in [-0.1, -0.05) is 6.07 Å². The molecule has 0 radical (unpaired) electrons. The predicted octanol–water partition coefficient (Wildman–Crippen LogP) is 3.11. The van der Waals surface area contributed by atoms with Crippen LogP contribution in [0.2, 0.25) is 0 Å². The number of ether oxygens (including phenoxy) is 2. The topological polar surface area (TPSA) is 55.8 Å². The summed E-state index contributed by atoms with van der Waals surface area (Å²) in [4.78, 5) is 10.5. The van der Waals surface area contributed by atoms with Gasteiger partial charge in [0, 0.05) is 6.08 Å². The minimum atomic E-state index is -0.964. The van der Waals surface area contributed by atoms with Gasteiger partial charge in [0.2, 0.25) is 0 Å². The molecule has 0 bridgehead atoms. The van der Waals surface area contributed by atoms with Crippen LogP contribution in [0.5, 0.6) is 11.5 Å². The molecule has 2 rings (SSSR count). The first kappa shape index (κ1) is 13.5. The summed E-state index contributed by atoms with van der Waals surface area (Å²) in [5, 5.41) is 8.63. The lowest BCUT2D eigenvalue weighted by Gasteiger charge is -2.16. The quantitative estimate of drug-likeness (QED) is 0.828. The number of benzene rings is 1. The van der Waals surface area contributed by atoms with Crippen molar-refractivity contribution in [2.45, 2.75) is 31.8 Å². The maximum atomic E-state index is 10.5. The number of carbonyl (C=O) groups is 1. The number of methoxy groups -OCH3 is 1. The summed E-state index contributed by atoms with van der Waals surface area (Å²) in [6.45, 7) is 0. The Morgan fingerprint density at radius 3 is 2.68 bits per heavy atom. The van der Waals surface area contributed by atoms with Gasteiger partial charge in [-0.25, -0.2) is 4.79 Å². The molecule has 19 heavy (non-hydrogen) atoms. The monoisotopic (exact) mass is 262 g/mol. The molecule has 0 aliphatic heterocycles. The highest BCUT2D eigenvalue weighted by Gasteiger charge is 2.18. The van der Waals surface area contributed by atoms with Crippen LogP contribution in [0.15, 0.2) is 24.3 Å². The van der Waals surface area contributed by atoms with Crippen LogP contribution in [0.1, 0.15) is 31.2 Å². The van der Waals surface area contributed by atoms with E-state index in [0.717, 1.165) is 24.5 Å². The van der Waals surface area contributed by atoms with Crippen molar-refractivity contribution in [3.05, 3.63) is 29.8 Å². The van der Waals surface area contributed by atoms with Gasteiger partial charge >= 0.3 is 5.97 Å². The van der Waals surface area contributed by atoms with E-state index in [4.69, 9.17) is 14.6 Å². The Labute approximate surface area is 112 Å². The maximum Gasteiger partial charge on any atom is 0.328 e. The highest BCUT2D eigenvalue weighted by Crippen LogP contribution is 2.32. The van der Waals surface area contributed by atoms with Crippen LogP contribution in [0, 0.1) is 0 Å². The van der Waals surface area contributed by atoms with Crippen molar-refractivity contribution in [3.8, 4) is 11.5 Å². The van der Waals surface area contributed by atoms with Crippen molar-refractivity contribution in [1.29, 1.82) is 0 Å². The predicted molar refractivity (Wildman–Crippen MR) is 72.5 cm³/mol. The average molecular weight is 262 g/mol. The van der Waals surface area contributed by atoms with E-state index >= 15 is 0 Å². The lowest BCUT2D eigenvalue weighted by atomic mass is 10.2. The standard InChI is InChI=1S/C15H18O4/c1-18-13-8-6-11(7-9-15(16)17)10-14(13)19-12-4-2-3-5-12/h6-10,12H,2-5H2,1H3,(H,16,17)/b9-7+. The normalized spacial score (nSPS) is 15.8. The third-order valence-corrected chi connectivity index (χ3v) is 3.20. The number of hydrogen-bond acceptors (Lipinski definition) is 3. The Bertz CT molecular complexity index is 473. The molecule has 0 unspecified atom stereocenters. The number of carboxylic acid groups (broad SMARTS) is 1. The second-order valence-corrected chi connectivity index (χ2v) is 4.61. The molecule has 1 fully saturated rings. The zero-order chi connectivity index (χ0) is 13.7. The van der Waals surface area contributed by atoms with Crippen molar-refractivity contribution in [2.24, 2.45) is 0 Å². The van der Waals surface area contributed by atoms with Crippen molar-refractivity contribution < 1.29 is 19.4 Å². The lowest BCUT2D eigenvalue weighted by Crippen LogP contribution is -2.11. The number of carboxylic acids is 1. The molecule has 1 aliphatic rings. The van der Waals surface area contributed by atoms with Crippen LogP contribution >= 0.6 is 0 Å². The molecule has 1 aliphatic carbocycles. The Kier molecular flexibility index (Phi) is 4.44. The molecule has 0 saturated heterocycles. The first-order valence-corrected chi connectivity index (χ1v) is 6.45. The van der Waals surface area contributed by atoms with Gasteiger partial charge in [0.25, 0.3) is 0 Å². The van der Waals surface area contributed by atoms with Crippen molar-refractivity contribution in [3.63, 3.8) is 0 Å². The number of aliphatic carboxylic acids is 1. The molecule has 0 amide bonds. The molecule has 0 atom stereocenters. The summed E-state index contributed by atoms with van der Waals surface area (Å²) < 4.78 is 11.2. The molecule has 1 N–H and O–H groups in total. The van der Waals surface area contributed by atoms with E-state index in [1.807, 2.05) is 6.07 Å². The molecule has 102 valence electrons. The van der Waals surface area contributed by atoms with Crippen LogP contribution in [0.4, 0.5) is 0 Å².